The highest BCUT2D eigenvalue weighted by molar-refractivity contribution is 7.90. The average Bonchev–Trinajstić information content (AvgIpc) is 3.70. The molecule has 0 bridgehead atoms. The molecule has 1 saturated heterocycles. The van der Waals surface area contributed by atoms with E-state index in [0.29, 0.717) is 71.1 Å². The number of benzene rings is 3. The number of pyridine rings is 1. The fraction of sp³-hybridized carbons (Fsp3) is 0.289. The number of carbonyl (C=O) groups is 2. The molecule has 1 fully saturated rings. The van der Waals surface area contributed by atoms with Gasteiger partial charge in [0.1, 0.15) is 11.4 Å². The summed E-state index contributed by atoms with van der Waals surface area (Å²) in [7, 11) is -4.07. The van der Waals surface area contributed by atoms with Crippen LogP contribution in [0.3, 0.4) is 0 Å². The largest absolute Gasteiger partial charge is 0.479 e. The van der Waals surface area contributed by atoms with E-state index >= 15 is 0 Å². The normalized spacial score (nSPS) is 16.3. The summed E-state index contributed by atoms with van der Waals surface area (Å²) in [6.45, 7) is 8.81. The molecule has 0 spiro atoms. The van der Waals surface area contributed by atoms with Crippen LogP contribution < -0.4 is 4.74 Å². The van der Waals surface area contributed by atoms with Crippen molar-refractivity contribution in [2.24, 2.45) is 0 Å². The number of fused-ring (bicyclic) bond motifs is 2. The minimum atomic E-state index is -4.07. The number of aryl methyl sites for hydroxylation is 1. The first-order chi connectivity index (χ1) is 23.8. The molecule has 0 radical (unpaired) electrons. The highest BCUT2D eigenvalue weighted by Crippen LogP contribution is 2.45. The van der Waals surface area contributed by atoms with E-state index in [2.05, 4.69) is 4.98 Å². The summed E-state index contributed by atoms with van der Waals surface area (Å²) >= 11 is 6.68. The molecule has 0 N–H and O–H groups in total. The molecule has 1 unspecified atom stereocenters. The molecule has 258 valence electrons. The number of ether oxygens (including phenoxy) is 2. The average molecular weight is 713 g/mol. The first kappa shape index (κ1) is 33.6. The number of hydrogen-bond donors (Lipinski definition) is 0. The molecule has 2 aliphatic rings. The Balaban J connectivity index is 1.24. The molecule has 2 amide bonds. The van der Waals surface area contributed by atoms with Crippen LogP contribution in [0, 0.1) is 6.92 Å². The maximum atomic E-state index is 14.3. The van der Waals surface area contributed by atoms with Gasteiger partial charge in [0.2, 0.25) is 0 Å². The third-order valence-corrected chi connectivity index (χ3v) is 10.8. The summed E-state index contributed by atoms with van der Waals surface area (Å²) in [5, 5.41) is 1.05. The molecule has 4 heterocycles. The van der Waals surface area contributed by atoms with Gasteiger partial charge in [-0.2, -0.15) is 0 Å². The summed E-state index contributed by atoms with van der Waals surface area (Å²) < 4.78 is 41.8. The summed E-state index contributed by atoms with van der Waals surface area (Å²) in [4.78, 5) is 34.4. The SMILES string of the molecule is Cc1ccc(S(=O)(=O)n2c(-c3ccccc3)cc3c(-c4cc(Cl)cc5c4OC(C(=O)N4CCN(C(=O)OC(C)(C)C)CC4)C5)ccnc32)cc1. The quantitative estimate of drug-likeness (QED) is 0.194. The minimum absolute atomic E-state index is 0.144. The van der Waals surface area contributed by atoms with E-state index in [1.165, 1.54) is 3.97 Å². The lowest BCUT2D eigenvalue weighted by atomic mass is 9.98. The van der Waals surface area contributed by atoms with Crippen molar-refractivity contribution >= 4 is 44.7 Å². The van der Waals surface area contributed by atoms with Crippen LogP contribution >= 0.6 is 11.6 Å². The number of piperazine rings is 1. The van der Waals surface area contributed by atoms with Crippen molar-refractivity contribution in [3.63, 3.8) is 0 Å². The van der Waals surface area contributed by atoms with Gasteiger partial charge in [0.15, 0.2) is 11.8 Å². The molecule has 0 aliphatic carbocycles. The molecule has 12 heteroatoms. The fourth-order valence-corrected chi connectivity index (χ4v) is 8.20. The third kappa shape index (κ3) is 6.31. The van der Waals surface area contributed by atoms with Crippen molar-refractivity contribution in [3.8, 4) is 28.1 Å². The van der Waals surface area contributed by atoms with Crippen LogP contribution in [0.5, 0.6) is 5.75 Å². The maximum Gasteiger partial charge on any atom is 0.410 e. The van der Waals surface area contributed by atoms with Gasteiger partial charge in [0, 0.05) is 60.3 Å². The first-order valence-electron chi connectivity index (χ1n) is 16.4. The Hall–Kier alpha value is -4.87. The molecule has 50 heavy (non-hydrogen) atoms. The summed E-state index contributed by atoms with van der Waals surface area (Å²) in [6, 6.07) is 23.3. The van der Waals surface area contributed by atoms with Crippen molar-refractivity contribution in [2.45, 2.75) is 50.7 Å². The zero-order chi connectivity index (χ0) is 35.4. The van der Waals surface area contributed by atoms with Crippen molar-refractivity contribution in [1.29, 1.82) is 0 Å². The van der Waals surface area contributed by atoms with Crippen molar-refractivity contribution in [1.82, 2.24) is 18.8 Å². The predicted molar refractivity (Wildman–Crippen MR) is 192 cm³/mol. The van der Waals surface area contributed by atoms with Gasteiger partial charge >= 0.3 is 6.09 Å². The second-order valence-corrected chi connectivity index (χ2v) is 15.8. The number of amides is 2. The van der Waals surface area contributed by atoms with Crippen LogP contribution in [0.4, 0.5) is 4.79 Å². The summed E-state index contributed by atoms with van der Waals surface area (Å²) in [5.41, 5.74) is 3.84. The van der Waals surface area contributed by atoms with Gasteiger partial charge in [0.05, 0.1) is 10.6 Å². The Morgan fingerprint density at radius 3 is 2.26 bits per heavy atom. The Morgan fingerprint density at radius 1 is 0.900 bits per heavy atom. The zero-order valence-corrected chi connectivity index (χ0v) is 29.8. The standard InChI is InChI=1S/C38H37ClN4O6S/c1-24-10-12-28(13-11-24)50(46,47)43-32(25-8-6-5-7-9-25)23-31-29(14-15-40-35(31)43)30-22-27(39)20-26-21-33(48-34(26)30)36(44)41-16-18-42(19-17-41)37(45)49-38(2,3)4/h5-15,20,22-23,33H,16-19,21H2,1-4H3. The van der Waals surface area contributed by atoms with Gasteiger partial charge in [-0.15, -0.1) is 0 Å². The van der Waals surface area contributed by atoms with Crippen LogP contribution in [-0.2, 0) is 26.0 Å². The number of carbonyl (C=O) groups excluding carboxylic acids is 2. The molecule has 1 atom stereocenters. The van der Waals surface area contributed by atoms with Crippen LogP contribution in [-0.4, -0.2) is 77.1 Å². The topological polar surface area (TPSA) is 111 Å². The van der Waals surface area contributed by atoms with Crippen molar-refractivity contribution in [3.05, 3.63) is 101 Å². The second-order valence-electron chi connectivity index (χ2n) is 13.6. The molecule has 0 saturated carbocycles. The molecular formula is C38H37ClN4O6S. The van der Waals surface area contributed by atoms with Crippen molar-refractivity contribution < 1.29 is 27.5 Å². The summed E-state index contributed by atoms with van der Waals surface area (Å²) in [5.74, 6) is 0.344. The van der Waals surface area contributed by atoms with Crippen LogP contribution in [0.1, 0.15) is 31.9 Å². The van der Waals surface area contributed by atoms with Crippen LogP contribution in [0.25, 0.3) is 33.4 Å². The van der Waals surface area contributed by atoms with Crippen LogP contribution in [0.15, 0.2) is 90.0 Å². The number of hydrogen-bond acceptors (Lipinski definition) is 7. The molecule has 2 aromatic heterocycles. The number of nitrogens with zero attached hydrogens (tertiary/aromatic N) is 4. The Labute approximate surface area is 296 Å². The van der Waals surface area contributed by atoms with E-state index in [-0.39, 0.29) is 16.4 Å². The molecule has 10 nitrogen and oxygen atoms in total. The molecule has 3 aromatic carbocycles. The lowest BCUT2D eigenvalue weighted by Crippen LogP contribution is -2.54. The second kappa shape index (κ2) is 12.8. The lowest BCUT2D eigenvalue weighted by Gasteiger charge is -2.36. The zero-order valence-electron chi connectivity index (χ0n) is 28.2. The Kier molecular flexibility index (Phi) is 8.60. The maximum absolute atomic E-state index is 14.3. The number of rotatable bonds is 5. The Bertz CT molecular complexity index is 2220. The van der Waals surface area contributed by atoms with Gasteiger partial charge in [0.25, 0.3) is 15.9 Å². The van der Waals surface area contributed by atoms with E-state index < -0.39 is 27.8 Å². The van der Waals surface area contributed by atoms with E-state index in [1.54, 1.807) is 58.5 Å². The third-order valence-electron chi connectivity index (χ3n) is 8.89. The van der Waals surface area contributed by atoms with Crippen LogP contribution in [0.2, 0.25) is 5.02 Å². The van der Waals surface area contributed by atoms with E-state index in [1.807, 2.05) is 64.1 Å². The van der Waals surface area contributed by atoms with E-state index in [0.717, 1.165) is 11.1 Å². The van der Waals surface area contributed by atoms with E-state index in [4.69, 9.17) is 21.1 Å². The molecular weight excluding hydrogens is 676 g/mol. The first-order valence-corrected chi connectivity index (χ1v) is 18.3. The van der Waals surface area contributed by atoms with Gasteiger partial charge in [-0.3, -0.25) is 4.79 Å². The highest BCUT2D eigenvalue weighted by Gasteiger charge is 2.37. The summed E-state index contributed by atoms with van der Waals surface area (Å²) in [6.07, 6.45) is 0.718. The molecule has 5 aromatic rings. The van der Waals surface area contributed by atoms with Gasteiger partial charge < -0.3 is 19.3 Å². The van der Waals surface area contributed by atoms with Gasteiger partial charge in [-0.05, 0) is 75.2 Å². The van der Waals surface area contributed by atoms with Crippen molar-refractivity contribution in [2.75, 3.05) is 26.2 Å². The smallest absolute Gasteiger partial charge is 0.410 e. The lowest BCUT2D eigenvalue weighted by molar-refractivity contribution is -0.139. The van der Waals surface area contributed by atoms with E-state index in [9.17, 15) is 18.0 Å². The number of halogens is 1. The molecule has 7 rings (SSSR count). The number of aromatic nitrogens is 2. The Morgan fingerprint density at radius 2 is 1.58 bits per heavy atom. The minimum Gasteiger partial charge on any atom is -0.479 e. The monoisotopic (exact) mass is 712 g/mol. The fourth-order valence-electron chi connectivity index (χ4n) is 6.48. The molecule has 2 aliphatic heterocycles. The predicted octanol–water partition coefficient (Wildman–Crippen LogP) is 6.95. The van der Waals surface area contributed by atoms with Gasteiger partial charge in [-0.25, -0.2) is 22.2 Å². The van der Waals surface area contributed by atoms with Gasteiger partial charge in [-0.1, -0.05) is 59.6 Å². The highest BCUT2D eigenvalue weighted by atomic mass is 35.5.